The van der Waals surface area contributed by atoms with Crippen LogP contribution in [-0.2, 0) is 10.0 Å². The lowest BCUT2D eigenvalue weighted by Gasteiger charge is -2.11. The third kappa shape index (κ3) is 5.35. The van der Waals surface area contributed by atoms with E-state index >= 15 is 0 Å². The van der Waals surface area contributed by atoms with Gasteiger partial charge in [0.05, 0.1) is 19.1 Å². The fourth-order valence-corrected chi connectivity index (χ4v) is 3.94. The van der Waals surface area contributed by atoms with E-state index in [4.69, 9.17) is 9.47 Å². The molecule has 3 rings (SSSR count). The predicted molar refractivity (Wildman–Crippen MR) is 121 cm³/mol. The molecule has 0 unspecified atom stereocenters. The highest BCUT2D eigenvalue weighted by Gasteiger charge is 2.16. The molecular weight excluding hydrogens is 416 g/mol. The highest BCUT2D eigenvalue weighted by atomic mass is 32.2. The van der Waals surface area contributed by atoms with Gasteiger partial charge >= 0.3 is 0 Å². The fraction of sp³-hybridized carbons (Fsp3) is 0.174. The van der Waals surface area contributed by atoms with Gasteiger partial charge in [0.25, 0.3) is 15.9 Å². The molecule has 0 spiro atoms. The Morgan fingerprint density at radius 2 is 1.39 bits per heavy atom. The van der Waals surface area contributed by atoms with Crippen LogP contribution in [0.25, 0.3) is 0 Å². The van der Waals surface area contributed by atoms with E-state index in [1.165, 1.54) is 38.5 Å². The molecule has 0 aliphatic rings. The highest BCUT2D eigenvalue weighted by molar-refractivity contribution is 7.92. The monoisotopic (exact) mass is 440 g/mol. The summed E-state index contributed by atoms with van der Waals surface area (Å²) >= 11 is 0. The maximum Gasteiger partial charge on any atom is 0.261 e. The minimum atomic E-state index is -3.78. The van der Waals surface area contributed by atoms with Crippen molar-refractivity contribution in [1.29, 1.82) is 0 Å². The van der Waals surface area contributed by atoms with Crippen molar-refractivity contribution in [3.8, 4) is 11.5 Å². The molecule has 31 heavy (non-hydrogen) atoms. The zero-order chi connectivity index (χ0) is 22.6. The first-order chi connectivity index (χ1) is 14.7. The Bertz CT molecular complexity index is 1180. The number of anilines is 2. The summed E-state index contributed by atoms with van der Waals surface area (Å²) in [4.78, 5) is 12.6. The van der Waals surface area contributed by atoms with Crippen LogP contribution in [0.15, 0.2) is 65.6 Å². The topological polar surface area (TPSA) is 93.7 Å². The molecule has 2 N–H and O–H groups in total. The minimum Gasteiger partial charge on any atom is -0.497 e. The van der Waals surface area contributed by atoms with Gasteiger partial charge in [-0.3, -0.25) is 9.52 Å². The summed E-state index contributed by atoms with van der Waals surface area (Å²) in [5.74, 6) is 0.684. The van der Waals surface area contributed by atoms with Gasteiger partial charge in [0.1, 0.15) is 11.5 Å². The van der Waals surface area contributed by atoms with Gasteiger partial charge in [-0.15, -0.1) is 0 Å². The Balaban J connectivity index is 1.76. The number of hydrogen-bond donors (Lipinski definition) is 2. The number of sulfonamides is 1. The first-order valence-corrected chi connectivity index (χ1v) is 10.9. The molecule has 3 aromatic carbocycles. The summed E-state index contributed by atoms with van der Waals surface area (Å²) in [6, 6.07) is 16.1. The van der Waals surface area contributed by atoms with Gasteiger partial charge in [-0.05, 0) is 61.4 Å². The predicted octanol–water partition coefficient (Wildman–Crippen LogP) is 4.37. The van der Waals surface area contributed by atoms with Gasteiger partial charge in [0.15, 0.2) is 0 Å². The summed E-state index contributed by atoms with van der Waals surface area (Å²) in [5.41, 5.74) is 3.35. The number of ether oxygens (including phenoxy) is 2. The number of carbonyl (C=O) groups is 1. The smallest absolute Gasteiger partial charge is 0.261 e. The number of nitrogens with one attached hydrogen (secondary N) is 2. The van der Waals surface area contributed by atoms with E-state index in [1.807, 2.05) is 19.9 Å². The second-order valence-corrected chi connectivity index (χ2v) is 8.67. The molecule has 0 aliphatic carbocycles. The molecule has 7 nitrogen and oxygen atoms in total. The van der Waals surface area contributed by atoms with E-state index in [0.29, 0.717) is 28.4 Å². The molecule has 0 aliphatic heterocycles. The number of hydrogen-bond acceptors (Lipinski definition) is 5. The van der Waals surface area contributed by atoms with E-state index in [9.17, 15) is 13.2 Å². The molecule has 0 radical (unpaired) electrons. The first-order valence-electron chi connectivity index (χ1n) is 9.46. The van der Waals surface area contributed by atoms with Crippen molar-refractivity contribution in [1.82, 2.24) is 0 Å². The minimum absolute atomic E-state index is 0.0605. The van der Waals surface area contributed by atoms with E-state index in [-0.39, 0.29) is 10.8 Å². The summed E-state index contributed by atoms with van der Waals surface area (Å²) in [6.07, 6.45) is 0. The molecule has 0 saturated heterocycles. The largest absolute Gasteiger partial charge is 0.497 e. The molecule has 0 fully saturated rings. The second-order valence-electron chi connectivity index (χ2n) is 6.98. The fourth-order valence-electron chi connectivity index (χ4n) is 2.89. The maximum atomic E-state index is 12.7. The highest BCUT2D eigenvalue weighted by Crippen LogP contribution is 2.26. The van der Waals surface area contributed by atoms with Gasteiger partial charge in [-0.2, -0.15) is 0 Å². The van der Waals surface area contributed by atoms with Gasteiger partial charge in [0, 0.05) is 35.1 Å². The molecule has 8 heteroatoms. The van der Waals surface area contributed by atoms with Crippen molar-refractivity contribution < 1.29 is 22.7 Å². The van der Waals surface area contributed by atoms with E-state index < -0.39 is 10.0 Å². The molecule has 0 aromatic heterocycles. The zero-order valence-corrected chi connectivity index (χ0v) is 18.5. The number of amides is 1. The van der Waals surface area contributed by atoms with Crippen molar-refractivity contribution in [2.24, 2.45) is 0 Å². The van der Waals surface area contributed by atoms with Crippen LogP contribution < -0.4 is 19.5 Å². The standard InChI is InChI=1S/C23H24N2O5S/c1-15-5-8-18(11-16(15)2)25-31(27,28)22-9-6-17(7-10-22)23(26)24-19-12-20(29-3)14-21(13-19)30-4/h5-14,25H,1-4H3,(H,24,26). The summed E-state index contributed by atoms with van der Waals surface area (Å²) in [5, 5.41) is 2.75. The molecule has 3 aromatic rings. The van der Waals surface area contributed by atoms with Crippen LogP contribution in [0.2, 0.25) is 0 Å². The van der Waals surface area contributed by atoms with Crippen molar-refractivity contribution in [3.05, 3.63) is 77.4 Å². The van der Waals surface area contributed by atoms with Crippen LogP contribution >= 0.6 is 0 Å². The number of aryl methyl sites for hydroxylation is 2. The van der Waals surface area contributed by atoms with Crippen LogP contribution in [0.4, 0.5) is 11.4 Å². The van der Waals surface area contributed by atoms with Gasteiger partial charge in [0.2, 0.25) is 0 Å². The molecule has 162 valence electrons. The van der Waals surface area contributed by atoms with Crippen LogP contribution in [0.3, 0.4) is 0 Å². The molecule has 0 atom stereocenters. The number of rotatable bonds is 7. The van der Waals surface area contributed by atoms with E-state index in [0.717, 1.165) is 11.1 Å². The molecule has 0 saturated carbocycles. The Labute approximate surface area is 182 Å². The average Bonchev–Trinajstić information content (AvgIpc) is 2.75. The number of methoxy groups -OCH3 is 2. The van der Waals surface area contributed by atoms with E-state index in [2.05, 4.69) is 10.0 Å². The summed E-state index contributed by atoms with van der Waals surface area (Å²) < 4.78 is 38.3. The van der Waals surface area contributed by atoms with Gasteiger partial charge < -0.3 is 14.8 Å². The molecule has 1 amide bonds. The second kappa shape index (κ2) is 9.09. The Morgan fingerprint density at radius 3 is 1.94 bits per heavy atom. The van der Waals surface area contributed by atoms with E-state index in [1.54, 1.807) is 30.3 Å². The normalized spacial score (nSPS) is 11.0. The third-order valence-electron chi connectivity index (χ3n) is 4.80. The van der Waals surface area contributed by atoms with Gasteiger partial charge in [-0.1, -0.05) is 6.07 Å². The van der Waals surface area contributed by atoms with Crippen LogP contribution in [0.5, 0.6) is 11.5 Å². The van der Waals surface area contributed by atoms with Gasteiger partial charge in [-0.25, -0.2) is 8.42 Å². The lowest BCUT2D eigenvalue weighted by molar-refractivity contribution is 0.102. The van der Waals surface area contributed by atoms with Crippen molar-refractivity contribution >= 4 is 27.3 Å². The lowest BCUT2D eigenvalue weighted by Crippen LogP contribution is -2.15. The van der Waals surface area contributed by atoms with Crippen molar-refractivity contribution in [2.45, 2.75) is 18.7 Å². The molecular formula is C23H24N2O5S. The quantitative estimate of drug-likeness (QED) is 0.569. The van der Waals surface area contributed by atoms with Crippen molar-refractivity contribution in [2.75, 3.05) is 24.3 Å². The first kappa shape index (κ1) is 22.2. The van der Waals surface area contributed by atoms with Crippen LogP contribution in [0, 0.1) is 13.8 Å². The lowest BCUT2D eigenvalue weighted by atomic mass is 10.1. The number of benzene rings is 3. The Hall–Kier alpha value is -3.52. The van der Waals surface area contributed by atoms with Crippen LogP contribution in [0.1, 0.15) is 21.5 Å². The third-order valence-corrected chi connectivity index (χ3v) is 6.19. The molecule has 0 bridgehead atoms. The zero-order valence-electron chi connectivity index (χ0n) is 17.7. The summed E-state index contributed by atoms with van der Waals surface area (Å²) in [6.45, 7) is 3.87. The Morgan fingerprint density at radius 1 is 0.774 bits per heavy atom. The Kier molecular flexibility index (Phi) is 6.50. The number of carbonyl (C=O) groups excluding carboxylic acids is 1. The summed E-state index contributed by atoms with van der Waals surface area (Å²) in [7, 11) is -0.738. The SMILES string of the molecule is COc1cc(NC(=O)c2ccc(S(=O)(=O)Nc3ccc(C)c(C)c3)cc2)cc(OC)c1. The van der Waals surface area contributed by atoms with Crippen molar-refractivity contribution in [3.63, 3.8) is 0 Å². The molecule has 0 heterocycles. The maximum absolute atomic E-state index is 12.7. The van der Waals surface area contributed by atoms with Crippen LogP contribution in [-0.4, -0.2) is 28.5 Å². The average molecular weight is 441 g/mol.